The maximum Gasteiger partial charge on any atom is 0.315 e. The fourth-order valence-electron chi connectivity index (χ4n) is 2.66. The first kappa shape index (κ1) is 20.2. The lowest BCUT2D eigenvalue weighted by Gasteiger charge is -2.19. The minimum absolute atomic E-state index is 0.0402. The molecule has 2 rings (SSSR count). The zero-order chi connectivity index (χ0) is 19.6. The van der Waals surface area contributed by atoms with Crippen molar-refractivity contribution in [3.63, 3.8) is 0 Å². The van der Waals surface area contributed by atoms with Gasteiger partial charge in [0.25, 0.3) is 0 Å². The van der Waals surface area contributed by atoms with Crippen molar-refractivity contribution in [2.75, 3.05) is 7.11 Å². The lowest BCUT2D eigenvalue weighted by molar-refractivity contribution is -0.137. The van der Waals surface area contributed by atoms with Crippen molar-refractivity contribution in [3.05, 3.63) is 65.5 Å². The Morgan fingerprint density at radius 1 is 1.15 bits per heavy atom. The summed E-state index contributed by atoms with van der Waals surface area (Å²) in [6, 6.07) is 13.2. The summed E-state index contributed by atoms with van der Waals surface area (Å²) in [6.07, 6.45) is 0.801. The van der Waals surface area contributed by atoms with E-state index >= 15 is 0 Å². The van der Waals surface area contributed by atoms with Gasteiger partial charge >= 0.3 is 12.0 Å². The monoisotopic (exact) mass is 374 g/mol. The third kappa shape index (κ3) is 6.97. The van der Waals surface area contributed by atoms with Gasteiger partial charge in [-0.2, -0.15) is 0 Å². The maximum atomic E-state index is 13.7. The molecule has 0 saturated carbocycles. The Hall–Kier alpha value is -3.09. The highest BCUT2D eigenvalue weighted by Crippen LogP contribution is 2.17. The van der Waals surface area contributed by atoms with E-state index in [0.717, 1.165) is 5.56 Å². The van der Waals surface area contributed by atoms with E-state index in [1.807, 2.05) is 30.3 Å². The molecule has 144 valence electrons. The van der Waals surface area contributed by atoms with E-state index in [1.54, 1.807) is 6.07 Å². The summed E-state index contributed by atoms with van der Waals surface area (Å²) in [5.41, 5.74) is 1.60. The molecule has 0 fully saturated rings. The molecule has 2 amide bonds. The van der Waals surface area contributed by atoms with E-state index in [0.29, 0.717) is 18.4 Å². The summed E-state index contributed by atoms with van der Waals surface area (Å²) in [6.45, 7) is 0.143. The summed E-state index contributed by atoms with van der Waals surface area (Å²) in [5, 5.41) is 14.4. The van der Waals surface area contributed by atoms with E-state index in [4.69, 9.17) is 9.84 Å². The van der Waals surface area contributed by atoms with Gasteiger partial charge in [-0.3, -0.25) is 4.79 Å². The molecule has 3 N–H and O–H groups in total. The topological polar surface area (TPSA) is 87.7 Å². The number of nitrogens with one attached hydrogen (secondary N) is 2. The van der Waals surface area contributed by atoms with E-state index in [1.165, 1.54) is 19.2 Å². The van der Waals surface area contributed by atoms with Crippen LogP contribution < -0.4 is 15.4 Å². The number of carboxylic acid groups (broad SMARTS) is 1. The van der Waals surface area contributed by atoms with Crippen LogP contribution in [0.2, 0.25) is 0 Å². The van der Waals surface area contributed by atoms with Crippen molar-refractivity contribution in [1.82, 2.24) is 10.6 Å². The highest BCUT2D eigenvalue weighted by Gasteiger charge is 2.15. The molecule has 27 heavy (non-hydrogen) atoms. The Kier molecular flexibility index (Phi) is 7.61. The Morgan fingerprint density at radius 3 is 2.52 bits per heavy atom. The zero-order valence-electron chi connectivity index (χ0n) is 15.1. The second-order valence-electron chi connectivity index (χ2n) is 6.11. The van der Waals surface area contributed by atoms with Crippen LogP contribution in [0.25, 0.3) is 0 Å². The number of carboxylic acids is 1. The first-order chi connectivity index (χ1) is 13.0. The lowest BCUT2D eigenvalue weighted by atomic mass is 10.0. The molecule has 0 bridgehead atoms. The molecule has 0 heterocycles. The molecular weight excluding hydrogens is 351 g/mol. The number of urea groups is 1. The first-order valence-corrected chi connectivity index (χ1v) is 8.60. The summed E-state index contributed by atoms with van der Waals surface area (Å²) in [4.78, 5) is 23.0. The van der Waals surface area contributed by atoms with Gasteiger partial charge < -0.3 is 20.5 Å². The number of methoxy groups -OCH3 is 1. The number of amides is 2. The number of carbonyl (C=O) groups is 2. The molecule has 7 heteroatoms. The van der Waals surface area contributed by atoms with Crippen LogP contribution in [0.5, 0.6) is 5.75 Å². The van der Waals surface area contributed by atoms with Crippen molar-refractivity contribution in [3.8, 4) is 5.75 Å². The van der Waals surface area contributed by atoms with Crippen LogP contribution in [0.4, 0.5) is 9.18 Å². The number of carbonyl (C=O) groups excluding carboxylic acids is 1. The van der Waals surface area contributed by atoms with Gasteiger partial charge in [0, 0.05) is 19.0 Å². The van der Waals surface area contributed by atoms with Gasteiger partial charge in [0.2, 0.25) is 0 Å². The average molecular weight is 374 g/mol. The van der Waals surface area contributed by atoms with Crippen molar-refractivity contribution in [2.45, 2.75) is 31.8 Å². The molecule has 0 saturated heterocycles. The number of hydrogen-bond donors (Lipinski definition) is 3. The van der Waals surface area contributed by atoms with Crippen molar-refractivity contribution < 1.29 is 23.8 Å². The van der Waals surface area contributed by atoms with E-state index in [2.05, 4.69) is 10.6 Å². The summed E-state index contributed by atoms with van der Waals surface area (Å²) >= 11 is 0. The smallest absolute Gasteiger partial charge is 0.315 e. The Balaban J connectivity index is 1.91. The maximum absolute atomic E-state index is 13.7. The van der Waals surface area contributed by atoms with Gasteiger partial charge in [0.05, 0.1) is 7.11 Å². The van der Waals surface area contributed by atoms with Gasteiger partial charge in [-0.05, 0) is 36.1 Å². The molecule has 1 unspecified atom stereocenters. The molecule has 0 aliphatic carbocycles. The number of ether oxygens (including phenoxy) is 1. The van der Waals surface area contributed by atoms with Crippen LogP contribution in [-0.2, 0) is 17.8 Å². The molecule has 0 radical (unpaired) electrons. The second-order valence-corrected chi connectivity index (χ2v) is 6.11. The predicted octanol–water partition coefficient (Wildman–Crippen LogP) is 3.11. The highest BCUT2D eigenvalue weighted by atomic mass is 19.1. The third-order valence-electron chi connectivity index (χ3n) is 4.04. The van der Waals surface area contributed by atoms with Crippen molar-refractivity contribution in [2.24, 2.45) is 0 Å². The summed E-state index contributed by atoms with van der Waals surface area (Å²) < 4.78 is 18.6. The Morgan fingerprint density at radius 2 is 1.89 bits per heavy atom. The predicted molar refractivity (Wildman–Crippen MR) is 99.1 cm³/mol. The minimum atomic E-state index is -0.913. The fraction of sp³-hybridized carbons (Fsp3) is 0.300. The standard InChI is InChI=1S/C20H23FN2O4/c1-27-18-9-7-15(12-17(18)21)13-22-20(26)23-16(8-10-19(24)25)11-14-5-3-2-4-6-14/h2-7,9,12,16H,8,10-11,13H2,1H3,(H,24,25)(H2,22,23,26). The van der Waals surface area contributed by atoms with Crippen LogP contribution in [0, 0.1) is 5.82 Å². The molecule has 2 aromatic rings. The SMILES string of the molecule is COc1ccc(CNC(=O)NC(CCC(=O)O)Cc2ccccc2)cc1F. The van der Waals surface area contributed by atoms with Gasteiger partial charge in [0.1, 0.15) is 0 Å². The third-order valence-corrected chi connectivity index (χ3v) is 4.04. The van der Waals surface area contributed by atoms with Gasteiger partial charge in [-0.1, -0.05) is 36.4 Å². The van der Waals surface area contributed by atoms with E-state index in [9.17, 15) is 14.0 Å². The molecule has 0 spiro atoms. The lowest BCUT2D eigenvalue weighted by Crippen LogP contribution is -2.43. The van der Waals surface area contributed by atoms with Gasteiger partial charge in [-0.25, -0.2) is 9.18 Å². The minimum Gasteiger partial charge on any atom is -0.494 e. The molecule has 0 aliphatic heterocycles. The van der Waals surface area contributed by atoms with Crippen LogP contribution >= 0.6 is 0 Å². The number of benzene rings is 2. The highest BCUT2D eigenvalue weighted by molar-refractivity contribution is 5.74. The second kappa shape index (κ2) is 10.2. The largest absolute Gasteiger partial charge is 0.494 e. The fourth-order valence-corrected chi connectivity index (χ4v) is 2.66. The van der Waals surface area contributed by atoms with Gasteiger partial charge in [-0.15, -0.1) is 0 Å². The van der Waals surface area contributed by atoms with Crippen molar-refractivity contribution in [1.29, 1.82) is 0 Å². The molecule has 0 aliphatic rings. The van der Waals surface area contributed by atoms with Crippen molar-refractivity contribution >= 4 is 12.0 Å². The average Bonchev–Trinajstić information content (AvgIpc) is 2.65. The quantitative estimate of drug-likeness (QED) is 0.629. The number of rotatable bonds is 9. The summed E-state index contributed by atoms with van der Waals surface area (Å²) in [7, 11) is 1.38. The number of halogens is 1. The van der Waals surface area contributed by atoms with E-state index < -0.39 is 17.8 Å². The molecule has 1 atom stereocenters. The molecule has 6 nitrogen and oxygen atoms in total. The summed E-state index contributed by atoms with van der Waals surface area (Å²) in [5.74, 6) is -1.27. The Labute approximate surface area is 157 Å². The Bertz CT molecular complexity index is 768. The van der Waals surface area contributed by atoms with Crippen LogP contribution in [0.3, 0.4) is 0 Å². The normalized spacial score (nSPS) is 11.5. The number of hydrogen-bond acceptors (Lipinski definition) is 3. The van der Waals surface area contributed by atoms with Crippen LogP contribution in [0.15, 0.2) is 48.5 Å². The molecule has 0 aromatic heterocycles. The van der Waals surface area contributed by atoms with Crippen LogP contribution in [-0.4, -0.2) is 30.3 Å². The molecule has 2 aromatic carbocycles. The molecular formula is C20H23FN2O4. The zero-order valence-corrected chi connectivity index (χ0v) is 15.1. The van der Waals surface area contributed by atoms with Gasteiger partial charge in [0.15, 0.2) is 11.6 Å². The first-order valence-electron chi connectivity index (χ1n) is 8.60. The van der Waals surface area contributed by atoms with Crippen LogP contribution in [0.1, 0.15) is 24.0 Å². The number of aliphatic carboxylic acids is 1. The van der Waals surface area contributed by atoms with E-state index in [-0.39, 0.29) is 24.8 Å².